The molecular weight excluding hydrogens is 525 g/mol. The second kappa shape index (κ2) is 8.93. The standard InChI is InChI=1S/C26H26FN7O6/c1-12-11-34-20-14(8-26(22(34)13(2)39-12)23(35)30-25(37)31-24(26)36)7-15-19(32-40-21(15)18(20)27)16-9-29-17(10-28-16)33-3-5-38-6-4-33/h7,9-10,12-13,22H,3-6,8,11H2,1-2H3,(H2,30,31,35,36,37). The number of carbonyl (C=O) groups excluding carboxylic acids is 3. The third kappa shape index (κ3) is 3.52. The van der Waals surface area contributed by atoms with E-state index in [2.05, 4.69) is 30.7 Å². The van der Waals surface area contributed by atoms with Crippen molar-refractivity contribution in [3.63, 3.8) is 0 Å². The first-order chi connectivity index (χ1) is 19.3. The molecule has 1 spiro atoms. The molecule has 2 N–H and O–H groups in total. The van der Waals surface area contributed by atoms with Gasteiger partial charge in [-0.05, 0) is 25.5 Å². The topological polar surface area (TPSA) is 152 Å². The minimum atomic E-state index is -1.72. The minimum absolute atomic E-state index is 0.0676. The monoisotopic (exact) mass is 551 g/mol. The molecule has 4 aliphatic heterocycles. The van der Waals surface area contributed by atoms with Crippen LogP contribution in [-0.2, 0) is 25.5 Å². The molecule has 0 aliphatic carbocycles. The van der Waals surface area contributed by atoms with E-state index in [4.69, 9.17) is 14.0 Å². The van der Waals surface area contributed by atoms with Crippen molar-refractivity contribution in [2.24, 2.45) is 5.41 Å². The van der Waals surface area contributed by atoms with Crippen LogP contribution in [0.15, 0.2) is 23.0 Å². The fourth-order valence-corrected chi connectivity index (χ4v) is 6.53. The summed E-state index contributed by atoms with van der Waals surface area (Å²) in [5.41, 5.74) is -0.501. The molecule has 208 valence electrons. The Balaban J connectivity index is 1.35. The Morgan fingerprint density at radius 3 is 2.52 bits per heavy atom. The lowest BCUT2D eigenvalue weighted by Gasteiger charge is -2.55. The van der Waals surface area contributed by atoms with Crippen molar-refractivity contribution in [1.29, 1.82) is 0 Å². The van der Waals surface area contributed by atoms with Crippen molar-refractivity contribution in [2.45, 2.75) is 38.5 Å². The largest absolute Gasteiger partial charge is 0.378 e. The van der Waals surface area contributed by atoms with Gasteiger partial charge >= 0.3 is 6.03 Å². The van der Waals surface area contributed by atoms with Gasteiger partial charge < -0.3 is 23.8 Å². The molecule has 2 aromatic heterocycles. The Labute approximate surface area is 227 Å². The van der Waals surface area contributed by atoms with E-state index in [-0.39, 0.29) is 36.0 Å². The lowest BCUT2D eigenvalue weighted by Crippen LogP contribution is -2.75. The van der Waals surface area contributed by atoms with Crippen LogP contribution in [-0.4, -0.2) is 84.1 Å². The summed E-state index contributed by atoms with van der Waals surface area (Å²) < 4.78 is 33.2. The average Bonchev–Trinajstić information content (AvgIpc) is 3.36. The van der Waals surface area contributed by atoms with Crippen molar-refractivity contribution in [3.8, 4) is 11.4 Å². The maximum atomic E-state index is 16.3. The summed E-state index contributed by atoms with van der Waals surface area (Å²) in [4.78, 5) is 51.5. The van der Waals surface area contributed by atoms with E-state index >= 15 is 4.39 Å². The fraction of sp³-hybridized carbons (Fsp3) is 0.462. The third-order valence-electron chi connectivity index (χ3n) is 8.18. The number of amides is 4. The number of benzene rings is 1. The molecule has 4 amide bonds. The lowest BCUT2D eigenvalue weighted by molar-refractivity contribution is -0.153. The molecule has 0 radical (unpaired) electrons. The molecule has 6 heterocycles. The molecule has 3 fully saturated rings. The molecule has 40 heavy (non-hydrogen) atoms. The van der Waals surface area contributed by atoms with Crippen molar-refractivity contribution < 1.29 is 32.8 Å². The summed E-state index contributed by atoms with van der Waals surface area (Å²) in [5, 5.41) is 8.92. The first-order valence-electron chi connectivity index (χ1n) is 13.1. The first-order valence-corrected chi connectivity index (χ1v) is 13.1. The van der Waals surface area contributed by atoms with Gasteiger partial charge in [-0.1, -0.05) is 5.16 Å². The van der Waals surface area contributed by atoms with Gasteiger partial charge in [0.05, 0.1) is 54.9 Å². The van der Waals surface area contributed by atoms with Gasteiger partial charge in [0.25, 0.3) is 0 Å². The Kier molecular flexibility index (Phi) is 5.54. The molecule has 4 aliphatic rings. The third-order valence-corrected chi connectivity index (χ3v) is 8.18. The number of morpholine rings is 2. The molecule has 3 unspecified atom stereocenters. The molecule has 7 rings (SSSR count). The number of hydrogen-bond donors (Lipinski definition) is 2. The van der Waals surface area contributed by atoms with Crippen molar-refractivity contribution in [3.05, 3.63) is 29.8 Å². The van der Waals surface area contributed by atoms with Gasteiger partial charge in [0.15, 0.2) is 11.2 Å². The van der Waals surface area contributed by atoms with Crippen LogP contribution in [0, 0.1) is 11.2 Å². The quantitative estimate of drug-likeness (QED) is 0.441. The van der Waals surface area contributed by atoms with Crippen LogP contribution in [0.4, 0.5) is 20.7 Å². The molecule has 13 nitrogen and oxygen atoms in total. The van der Waals surface area contributed by atoms with Gasteiger partial charge in [0.2, 0.25) is 17.4 Å². The Morgan fingerprint density at radius 1 is 1.07 bits per heavy atom. The summed E-state index contributed by atoms with van der Waals surface area (Å²) in [6.45, 7) is 6.40. The Hall–Kier alpha value is -4.17. The number of nitrogens with one attached hydrogen (secondary N) is 2. The van der Waals surface area contributed by atoms with E-state index in [0.29, 0.717) is 48.8 Å². The average molecular weight is 552 g/mol. The number of rotatable bonds is 2. The second-order valence-electron chi connectivity index (χ2n) is 10.6. The van der Waals surface area contributed by atoms with Gasteiger partial charge in [-0.25, -0.2) is 19.2 Å². The number of anilines is 2. The van der Waals surface area contributed by atoms with E-state index in [1.54, 1.807) is 30.3 Å². The van der Waals surface area contributed by atoms with Crippen LogP contribution in [0.1, 0.15) is 19.4 Å². The Bertz CT molecular complexity index is 1530. The molecule has 0 bridgehead atoms. The van der Waals surface area contributed by atoms with Gasteiger partial charge in [0.1, 0.15) is 17.2 Å². The number of ether oxygens (including phenoxy) is 2. The first kappa shape index (κ1) is 24.8. The van der Waals surface area contributed by atoms with Crippen LogP contribution in [0.5, 0.6) is 0 Å². The number of fused-ring (bicyclic) bond motifs is 5. The van der Waals surface area contributed by atoms with Gasteiger partial charge in [-0.2, -0.15) is 0 Å². The minimum Gasteiger partial charge on any atom is -0.378 e. The molecule has 1 aromatic carbocycles. The molecule has 3 aromatic rings. The van der Waals surface area contributed by atoms with Gasteiger partial charge in [-0.15, -0.1) is 0 Å². The maximum Gasteiger partial charge on any atom is 0.328 e. The van der Waals surface area contributed by atoms with Crippen LogP contribution in [0.25, 0.3) is 22.4 Å². The summed E-state index contributed by atoms with van der Waals surface area (Å²) >= 11 is 0. The Morgan fingerprint density at radius 2 is 1.82 bits per heavy atom. The van der Waals surface area contributed by atoms with Crippen molar-refractivity contribution in [2.75, 3.05) is 42.6 Å². The summed E-state index contributed by atoms with van der Waals surface area (Å²) in [6, 6.07) is -0.0771. The predicted molar refractivity (Wildman–Crippen MR) is 137 cm³/mol. The molecular formula is C26H26FN7O6. The zero-order valence-corrected chi connectivity index (χ0v) is 21.8. The number of carbonyl (C=O) groups is 3. The number of aromatic nitrogens is 3. The van der Waals surface area contributed by atoms with Gasteiger partial charge in [-0.3, -0.25) is 20.2 Å². The summed E-state index contributed by atoms with van der Waals surface area (Å²) in [6.07, 6.45) is 2.08. The summed E-state index contributed by atoms with van der Waals surface area (Å²) in [5.74, 6) is -1.46. The fourth-order valence-electron chi connectivity index (χ4n) is 6.53. The number of urea groups is 1. The zero-order valence-electron chi connectivity index (χ0n) is 21.8. The number of barbiturate groups is 1. The number of imide groups is 2. The maximum absolute atomic E-state index is 16.3. The van der Waals surface area contributed by atoms with E-state index in [0.717, 1.165) is 0 Å². The van der Waals surface area contributed by atoms with Crippen LogP contribution in [0.3, 0.4) is 0 Å². The second-order valence-corrected chi connectivity index (χ2v) is 10.6. The highest BCUT2D eigenvalue weighted by atomic mass is 19.1. The zero-order chi connectivity index (χ0) is 27.8. The number of nitrogens with zero attached hydrogens (tertiary/aromatic N) is 5. The van der Waals surface area contributed by atoms with Crippen LogP contribution in [0.2, 0.25) is 0 Å². The molecule has 14 heteroatoms. The molecule has 3 atom stereocenters. The number of halogens is 1. The molecule has 0 saturated carbocycles. The van der Waals surface area contributed by atoms with E-state index in [1.165, 1.54) is 0 Å². The van der Waals surface area contributed by atoms with Gasteiger partial charge in [0, 0.05) is 26.1 Å². The normalized spacial score (nSPS) is 26.0. The highest BCUT2D eigenvalue weighted by Gasteiger charge is 2.63. The highest BCUT2D eigenvalue weighted by Crippen LogP contribution is 2.49. The predicted octanol–water partition coefficient (Wildman–Crippen LogP) is 1.15. The van der Waals surface area contributed by atoms with Crippen LogP contribution < -0.4 is 20.4 Å². The van der Waals surface area contributed by atoms with Crippen molar-refractivity contribution >= 4 is 40.3 Å². The van der Waals surface area contributed by atoms with Crippen molar-refractivity contribution in [1.82, 2.24) is 25.8 Å². The smallest absolute Gasteiger partial charge is 0.328 e. The highest BCUT2D eigenvalue weighted by molar-refractivity contribution is 6.20. The lowest BCUT2D eigenvalue weighted by atomic mass is 9.66. The summed E-state index contributed by atoms with van der Waals surface area (Å²) in [7, 11) is 0. The van der Waals surface area contributed by atoms with E-state index < -0.39 is 41.2 Å². The molecule has 3 saturated heterocycles. The number of hydrogen-bond acceptors (Lipinski definition) is 11. The van der Waals surface area contributed by atoms with E-state index in [1.807, 2.05) is 6.92 Å². The van der Waals surface area contributed by atoms with Crippen LogP contribution >= 0.6 is 0 Å². The van der Waals surface area contributed by atoms with E-state index in [9.17, 15) is 14.4 Å². The SMILES string of the molecule is CC1CN2c3c(cc4c(-c5cnc(N6CCOCC6)cn5)noc4c3F)CC3(C(=O)NC(=O)NC3=O)C2C(C)O1.